The van der Waals surface area contributed by atoms with Crippen molar-refractivity contribution >= 4 is 28.8 Å². The summed E-state index contributed by atoms with van der Waals surface area (Å²) in [5, 5.41) is 14.0. The molecule has 1 aliphatic heterocycles. The Bertz CT molecular complexity index is 1030. The van der Waals surface area contributed by atoms with Crippen LogP contribution in [0.4, 0.5) is 11.4 Å². The molecule has 0 fully saturated rings. The normalized spacial score (nSPS) is 13.6. The highest BCUT2D eigenvalue weighted by Crippen LogP contribution is 2.32. The smallest absolute Gasteiger partial charge is 0.278 e. The number of amides is 2. The largest absolute Gasteiger partial charge is 0.494 e. The molecule has 154 valence electrons. The number of carbonyl (C=O) groups is 2. The van der Waals surface area contributed by atoms with E-state index in [1.807, 2.05) is 6.92 Å². The molecule has 8 nitrogen and oxygen atoms in total. The first-order valence-corrected chi connectivity index (χ1v) is 9.42. The van der Waals surface area contributed by atoms with Crippen LogP contribution in [0.5, 0.6) is 5.75 Å². The van der Waals surface area contributed by atoms with Crippen LogP contribution >= 0.6 is 0 Å². The number of anilines is 1. The molecule has 8 heteroatoms. The first-order valence-electron chi connectivity index (χ1n) is 9.42. The minimum atomic E-state index is -0.523. The van der Waals surface area contributed by atoms with Crippen LogP contribution in [0.3, 0.4) is 0 Å². The lowest BCUT2D eigenvalue weighted by molar-refractivity contribution is -0.384. The van der Waals surface area contributed by atoms with Gasteiger partial charge >= 0.3 is 0 Å². The second-order valence-electron chi connectivity index (χ2n) is 6.56. The summed E-state index contributed by atoms with van der Waals surface area (Å²) in [6.07, 6.45) is 2.32. The van der Waals surface area contributed by atoms with Crippen LogP contribution in [0.2, 0.25) is 0 Å². The SMILES string of the molecule is C=CCN1C(=O)C(Nc2cccc(OCCC)c2)=C(c2ccc([N+](=O)[O-])cc2)C1=O. The van der Waals surface area contributed by atoms with E-state index in [-0.39, 0.29) is 23.5 Å². The number of carbonyl (C=O) groups excluding carboxylic acids is 2. The fourth-order valence-corrected chi connectivity index (χ4v) is 3.03. The van der Waals surface area contributed by atoms with Gasteiger partial charge in [-0.25, -0.2) is 0 Å². The Morgan fingerprint density at radius 2 is 1.90 bits per heavy atom. The van der Waals surface area contributed by atoms with E-state index in [0.717, 1.165) is 11.3 Å². The Kier molecular flexibility index (Phi) is 6.26. The molecule has 0 aromatic heterocycles. The molecule has 1 heterocycles. The summed E-state index contributed by atoms with van der Waals surface area (Å²) in [6.45, 7) is 6.21. The second-order valence-corrected chi connectivity index (χ2v) is 6.56. The summed E-state index contributed by atoms with van der Waals surface area (Å²) in [6, 6.07) is 12.6. The topological polar surface area (TPSA) is 102 Å². The number of imide groups is 1. The van der Waals surface area contributed by atoms with Gasteiger partial charge in [0.2, 0.25) is 0 Å². The maximum Gasteiger partial charge on any atom is 0.278 e. The van der Waals surface area contributed by atoms with Gasteiger partial charge < -0.3 is 10.1 Å². The summed E-state index contributed by atoms with van der Waals surface area (Å²) in [5.74, 6) is -0.346. The van der Waals surface area contributed by atoms with Crippen molar-refractivity contribution < 1.29 is 19.2 Å². The molecule has 0 saturated carbocycles. The van der Waals surface area contributed by atoms with E-state index in [1.165, 1.54) is 30.3 Å². The Morgan fingerprint density at radius 3 is 2.53 bits per heavy atom. The fraction of sp³-hybridized carbons (Fsp3) is 0.182. The number of hydrogen-bond acceptors (Lipinski definition) is 6. The summed E-state index contributed by atoms with van der Waals surface area (Å²) in [5.41, 5.74) is 1.14. The summed E-state index contributed by atoms with van der Waals surface area (Å²) >= 11 is 0. The van der Waals surface area contributed by atoms with Crippen LogP contribution in [0.1, 0.15) is 18.9 Å². The van der Waals surface area contributed by atoms with Gasteiger partial charge in [-0.1, -0.05) is 19.1 Å². The average Bonchev–Trinajstić information content (AvgIpc) is 2.97. The molecule has 1 N–H and O–H groups in total. The van der Waals surface area contributed by atoms with Gasteiger partial charge in [0.25, 0.3) is 17.5 Å². The van der Waals surface area contributed by atoms with Crippen molar-refractivity contribution in [3.8, 4) is 5.75 Å². The molecular formula is C22H21N3O5. The molecule has 2 aromatic carbocycles. The van der Waals surface area contributed by atoms with Gasteiger partial charge in [0, 0.05) is 30.4 Å². The molecule has 0 unspecified atom stereocenters. The third kappa shape index (κ3) is 4.22. The number of rotatable bonds is 9. The zero-order valence-electron chi connectivity index (χ0n) is 16.5. The molecule has 0 aliphatic carbocycles. The number of nitro groups is 1. The maximum absolute atomic E-state index is 12.9. The van der Waals surface area contributed by atoms with Gasteiger partial charge in [-0.3, -0.25) is 24.6 Å². The Morgan fingerprint density at radius 1 is 1.17 bits per heavy atom. The number of nitrogens with one attached hydrogen (secondary N) is 1. The molecule has 3 rings (SSSR count). The number of nitrogens with zero attached hydrogens (tertiary/aromatic N) is 2. The number of non-ortho nitro benzene ring substituents is 1. The van der Waals surface area contributed by atoms with E-state index in [0.29, 0.717) is 23.6 Å². The van der Waals surface area contributed by atoms with E-state index in [9.17, 15) is 19.7 Å². The van der Waals surface area contributed by atoms with Gasteiger partial charge in [-0.15, -0.1) is 6.58 Å². The van der Waals surface area contributed by atoms with Crippen molar-refractivity contribution in [1.29, 1.82) is 0 Å². The van der Waals surface area contributed by atoms with Crippen LogP contribution in [0.25, 0.3) is 5.57 Å². The van der Waals surface area contributed by atoms with E-state index in [2.05, 4.69) is 11.9 Å². The van der Waals surface area contributed by atoms with Crippen LogP contribution in [0, 0.1) is 10.1 Å². The van der Waals surface area contributed by atoms with Crippen molar-refractivity contribution in [2.45, 2.75) is 13.3 Å². The van der Waals surface area contributed by atoms with Crippen molar-refractivity contribution in [1.82, 2.24) is 4.90 Å². The van der Waals surface area contributed by atoms with Gasteiger partial charge in [0.05, 0.1) is 17.1 Å². The van der Waals surface area contributed by atoms with Crippen molar-refractivity contribution in [2.75, 3.05) is 18.5 Å². The third-order valence-electron chi connectivity index (χ3n) is 4.42. The lowest BCUT2D eigenvalue weighted by atomic mass is 10.0. The highest BCUT2D eigenvalue weighted by molar-refractivity contribution is 6.36. The van der Waals surface area contributed by atoms with E-state index in [4.69, 9.17) is 4.74 Å². The minimum Gasteiger partial charge on any atom is -0.494 e. The Labute approximate surface area is 173 Å². The monoisotopic (exact) mass is 407 g/mol. The number of hydrogen-bond donors (Lipinski definition) is 1. The quantitative estimate of drug-likeness (QED) is 0.294. The number of ether oxygens (including phenoxy) is 1. The lowest BCUT2D eigenvalue weighted by Crippen LogP contribution is -2.32. The molecular weight excluding hydrogens is 386 g/mol. The Balaban J connectivity index is 2.01. The first kappa shape index (κ1) is 20.8. The van der Waals surface area contributed by atoms with Gasteiger partial charge in [0.15, 0.2) is 0 Å². The molecule has 0 bridgehead atoms. The molecule has 0 saturated heterocycles. The summed E-state index contributed by atoms with van der Waals surface area (Å²) in [7, 11) is 0. The highest BCUT2D eigenvalue weighted by Gasteiger charge is 2.38. The standard InChI is InChI=1S/C22H21N3O5/c1-3-12-24-21(26)19(15-8-10-17(11-9-15)25(28)29)20(22(24)27)23-16-6-5-7-18(14-16)30-13-4-2/h3,5-11,14,23H,1,4,12-13H2,2H3. The average molecular weight is 407 g/mol. The second kappa shape index (κ2) is 9.04. The zero-order chi connectivity index (χ0) is 21.7. The van der Waals surface area contributed by atoms with E-state index < -0.39 is 16.7 Å². The van der Waals surface area contributed by atoms with Crippen molar-refractivity contribution in [3.05, 3.63) is 82.6 Å². The maximum atomic E-state index is 12.9. The summed E-state index contributed by atoms with van der Waals surface area (Å²) < 4.78 is 5.62. The summed E-state index contributed by atoms with van der Waals surface area (Å²) in [4.78, 5) is 37.3. The van der Waals surface area contributed by atoms with Gasteiger partial charge in [-0.05, 0) is 36.2 Å². The predicted molar refractivity (Wildman–Crippen MR) is 113 cm³/mol. The molecule has 1 aliphatic rings. The molecule has 0 atom stereocenters. The van der Waals surface area contributed by atoms with Crippen molar-refractivity contribution in [3.63, 3.8) is 0 Å². The molecule has 0 spiro atoms. The predicted octanol–water partition coefficient (Wildman–Crippen LogP) is 3.76. The molecule has 0 radical (unpaired) electrons. The molecule has 30 heavy (non-hydrogen) atoms. The Hall–Kier alpha value is -3.94. The third-order valence-corrected chi connectivity index (χ3v) is 4.42. The molecule has 2 amide bonds. The fourth-order valence-electron chi connectivity index (χ4n) is 3.03. The van der Waals surface area contributed by atoms with E-state index >= 15 is 0 Å². The van der Waals surface area contributed by atoms with Gasteiger partial charge in [-0.2, -0.15) is 0 Å². The minimum absolute atomic E-state index is 0.0545. The van der Waals surface area contributed by atoms with Crippen LogP contribution in [-0.4, -0.2) is 34.8 Å². The lowest BCUT2D eigenvalue weighted by Gasteiger charge is -2.13. The van der Waals surface area contributed by atoms with Crippen LogP contribution in [-0.2, 0) is 9.59 Å². The number of benzene rings is 2. The van der Waals surface area contributed by atoms with Crippen LogP contribution in [0.15, 0.2) is 66.9 Å². The van der Waals surface area contributed by atoms with E-state index in [1.54, 1.807) is 24.3 Å². The van der Waals surface area contributed by atoms with Crippen LogP contribution < -0.4 is 10.1 Å². The highest BCUT2D eigenvalue weighted by atomic mass is 16.6. The first-order chi connectivity index (χ1) is 14.5. The zero-order valence-corrected chi connectivity index (χ0v) is 16.5. The molecule has 2 aromatic rings. The van der Waals surface area contributed by atoms with Gasteiger partial charge in [0.1, 0.15) is 11.4 Å². The number of nitro benzene ring substituents is 1. The van der Waals surface area contributed by atoms with Crippen molar-refractivity contribution in [2.24, 2.45) is 0 Å².